The van der Waals surface area contributed by atoms with Crippen molar-refractivity contribution in [3.8, 4) is 0 Å². The predicted octanol–water partition coefficient (Wildman–Crippen LogP) is 2.32. The third kappa shape index (κ3) is 4.50. The second-order valence-corrected chi connectivity index (χ2v) is 8.52. The largest absolute Gasteiger partial charge is 0.464 e. The number of hydrogen-bond acceptors (Lipinski definition) is 5. The van der Waals surface area contributed by atoms with Crippen molar-refractivity contribution in [2.75, 3.05) is 19.7 Å². The third-order valence-corrected chi connectivity index (χ3v) is 6.96. The summed E-state index contributed by atoms with van der Waals surface area (Å²) in [6, 6.07) is 5.92. The Labute approximate surface area is 161 Å². The summed E-state index contributed by atoms with van der Waals surface area (Å²) >= 11 is 0. The maximum absolute atomic E-state index is 12.8. The van der Waals surface area contributed by atoms with Gasteiger partial charge in [-0.15, -0.1) is 0 Å². The van der Waals surface area contributed by atoms with Gasteiger partial charge in [-0.1, -0.05) is 32.8 Å². The lowest BCUT2D eigenvalue weighted by atomic mass is 9.97. The van der Waals surface area contributed by atoms with Gasteiger partial charge in [0.05, 0.1) is 11.5 Å². The summed E-state index contributed by atoms with van der Waals surface area (Å²) < 4.78 is 31.9. The lowest BCUT2D eigenvalue weighted by molar-refractivity contribution is -0.150. The minimum absolute atomic E-state index is 0.0652. The van der Waals surface area contributed by atoms with Crippen LogP contribution in [0.4, 0.5) is 0 Å². The van der Waals surface area contributed by atoms with E-state index in [1.807, 2.05) is 0 Å². The molecule has 1 aromatic carbocycles. The quantitative estimate of drug-likeness (QED) is 0.681. The number of esters is 1. The number of benzene rings is 1. The van der Waals surface area contributed by atoms with Gasteiger partial charge in [0, 0.05) is 18.7 Å². The Hall–Kier alpha value is -1.93. The minimum Gasteiger partial charge on any atom is -0.464 e. The first kappa shape index (κ1) is 21.4. The second-order valence-electron chi connectivity index (χ2n) is 6.58. The highest BCUT2D eigenvalue weighted by Gasteiger charge is 2.44. The molecule has 1 N–H and O–H groups in total. The van der Waals surface area contributed by atoms with Crippen molar-refractivity contribution in [2.24, 2.45) is 0 Å². The summed E-state index contributed by atoms with van der Waals surface area (Å²) in [6.45, 7) is 6.20. The number of carbonyl (C=O) groups excluding carboxylic acids is 2. The number of amides is 1. The normalized spacial score (nSPS) is 16.3. The van der Waals surface area contributed by atoms with E-state index < -0.39 is 27.4 Å². The number of sulfonamides is 1. The Kier molecular flexibility index (Phi) is 7.00. The van der Waals surface area contributed by atoms with Crippen LogP contribution in [0.5, 0.6) is 0 Å². The fourth-order valence-corrected chi connectivity index (χ4v) is 4.93. The van der Waals surface area contributed by atoms with E-state index in [0.717, 1.165) is 12.8 Å². The molecular weight excluding hydrogens is 368 g/mol. The Morgan fingerprint density at radius 1 is 1.15 bits per heavy atom. The van der Waals surface area contributed by atoms with Crippen LogP contribution in [0, 0.1) is 0 Å². The maximum Gasteiger partial charge on any atom is 0.331 e. The molecule has 0 bridgehead atoms. The van der Waals surface area contributed by atoms with E-state index in [1.54, 1.807) is 26.8 Å². The molecule has 150 valence electrons. The molecule has 0 aromatic heterocycles. The molecule has 0 heterocycles. The van der Waals surface area contributed by atoms with Crippen LogP contribution >= 0.6 is 0 Å². The maximum atomic E-state index is 12.8. The molecule has 0 atom stereocenters. The van der Waals surface area contributed by atoms with E-state index in [2.05, 4.69) is 5.32 Å². The van der Waals surface area contributed by atoms with E-state index in [1.165, 1.54) is 22.5 Å². The van der Waals surface area contributed by atoms with Gasteiger partial charge in [-0.05, 0) is 38.0 Å². The minimum atomic E-state index is -3.66. The average Bonchev–Trinajstić information content (AvgIpc) is 3.12. The Morgan fingerprint density at radius 3 is 2.33 bits per heavy atom. The molecule has 0 aliphatic heterocycles. The van der Waals surface area contributed by atoms with E-state index in [-0.39, 0.29) is 17.1 Å². The van der Waals surface area contributed by atoms with Crippen LogP contribution in [-0.2, 0) is 19.6 Å². The third-order valence-electron chi connectivity index (χ3n) is 4.92. The molecule has 0 spiro atoms. The van der Waals surface area contributed by atoms with Crippen molar-refractivity contribution in [3.05, 3.63) is 29.8 Å². The van der Waals surface area contributed by atoms with Crippen LogP contribution in [0.3, 0.4) is 0 Å². The number of hydrogen-bond donors (Lipinski definition) is 1. The monoisotopic (exact) mass is 396 g/mol. The van der Waals surface area contributed by atoms with Crippen molar-refractivity contribution in [1.29, 1.82) is 0 Å². The number of carbonyl (C=O) groups is 2. The molecule has 1 amide bonds. The highest BCUT2D eigenvalue weighted by atomic mass is 32.2. The lowest BCUT2D eigenvalue weighted by Crippen LogP contribution is -2.53. The first-order chi connectivity index (χ1) is 12.8. The number of rotatable bonds is 8. The first-order valence-electron chi connectivity index (χ1n) is 9.40. The molecule has 1 saturated carbocycles. The van der Waals surface area contributed by atoms with Gasteiger partial charge in [-0.2, -0.15) is 4.31 Å². The van der Waals surface area contributed by atoms with Gasteiger partial charge in [0.15, 0.2) is 0 Å². The van der Waals surface area contributed by atoms with Crippen molar-refractivity contribution >= 4 is 21.9 Å². The predicted molar refractivity (Wildman–Crippen MR) is 102 cm³/mol. The van der Waals surface area contributed by atoms with E-state index in [4.69, 9.17) is 4.74 Å². The number of ether oxygens (including phenoxy) is 1. The molecular formula is C19H28N2O5S. The summed E-state index contributed by atoms with van der Waals surface area (Å²) in [5, 5.41) is 2.81. The number of nitrogens with zero attached hydrogens (tertiary/aromatic N) is 1. The van der Waals surface area contributed by atoms with E-state index in [0.29, 0.717) is 25.9 Å². The molecule has 8 heteroatoms. The summed E-state index contributed by atoms with van der Waals surface area (Å²) in [5.41, 5.74) is -0.820. The van der Waals surface area contributed by atoms with Gasteiger partial charge in [0.2, 0.25) is 10.0 Å². The first-order valence-corrected chi connectivity index (χ1v) is 10.8. The smallest absolute Gasteiger partial charge is 0.331 e. The Bertz CT molecular complexity index is 781. The van der Waals surface area contributed by atoms with Crippen molar-refractivity contribution in [3.63, 3.8) is 0 Å². The second kappa shape index (κ2) is 8.84. The zero-order chi connectivity index (χ0) is 20.1. The summed E-state index contributed by atoms with van der Waals surface area (Å²) in [5.74, 6) is -0.899. The summed E-state index contributed by atoms with van der Waals surface area (Å²) in [6.07, 6.45) is 2.70. The van der Waals surface area contributed by atoms with Gasteiger partial charge >= 0.3 is 5.97 Å². The van der Waals surface area contributed by atoms with E-state index >= 15 is 0 Å². The van der Waals surface area contributed by atoms with Gasteiger partial charge in [-0.3, -0.25) is 4.79 Å². The zero-order valence-corrected chi connectivity index (χ0v) is 17.0. The molecule has 1 aliphatic carbocycles. The molecule has 0 saturated heterocycles. The van der Waals surface area contributed by atoms with Crippen molar-refractivity contribution < 1.29 is 22.7 Å². The van der Waals surface area contributed by atoms with Crippen molar-refractivity contribution in [1.82, 2.24) is 9.62 Å². The van der Waals surface area contributed by atoms with Crippen LogP contribution in [0.15, 0.2) is 29.2 Å². The summed E-state index contributed by atoms with van der Waals surface area (Å²) in [7, 11) is -3.66. The molecule has 27 heavy (non-hydrogen) atoms. The molecule has 1 aliphatic rings. The molecule has 7 nitrogen and oxygen atoms in total. The van der Waals surface area contributed by atoms with Gasteiger partial charge < -0.3 is 10.1 Å². The zero-order valence-electron chi connectivity index (χ0n) is 16.2. The lowest BCUT2D eigenvalue weighted by Gasteiger charge is -2.28. The average molecular weight is 397 g/mol. The number of nitrogens with one attached hydrogen (secondary N) is 1. The Morgan fingerprint density at radius 2 is 1.78 bits per heavy atom. The molecule has 1 aromatic rings. The molecule has 0 unspecified atom stereocenters. The van der Waals surface area contributed by atoms with E-state index in [9.17, 15) is 18.0 Å². The fraction of sp³-hybridized carbons (Fsp3) is 0.579. The van der Waals surface area contributed by atoms with Crippen LogP contribution < -0.4 is 5.32 Å². The fourth-order valence-electron chi connectivity index (χ4n) is 3.43. The van der Waals surface area contributed by atoms with Gasteiger partial charge in [-0.25, -0.2) is 13.2 Å². The molecule has 0 radical (unpaired) electrons. The topological polar surface area (TPSA) is 92.8 Å². The summed E-state index contributed by atoms with van der Waals surface area (Å²) in [4.78, 5) is 25.2. The van der Waals surface area contributed by atoms with Crippen LogP contribution in [0.25, 0.3) is 0 Å². The SMILES string of the molecule is CCOC(=O)C1(NC(=O)c2cccc(S(=O)(=O)N(CC)CC)c2)CCCC1. The van der Waals surface area contributed by atoms with Gasteiger partial charge in [0.25, 0.3) is 5.91 Å². The molecule has 2 rings (SSSR count). The van der Waals surface area contributed by atoms with Crippen LogP contribution in [-0.4, -0.2) is 49.8 Å². The van der Waals surface area contributed by atoms with Gasteiger partial charge in [0.1, 0.15) is 5.54 Å². The highest BCUT2D eigenvalue weighted by molar-refractivity contribution is 7.89. The van der Waals surface area contributed by atoms with Crippen LogP contribution in [0.1, 0.15) is 56.8 Å². The molecule has 1 fully saturated rings. The standard InChI is InChI=1S/C19H28N2O5S/c1-4-21(5-2)27(24,25)16-11-9-10-15(14-16)17(22)20-19(12-7-8-13-19)18(23)26-6-3/h9-11,14H,4-8,12-13H2,1-3H3,(H,20,22). The highest BCUT2D eigenvalue weighted by Crippen LogP contribution is 2.31. The van der Waals surface area contributed by atoms with Crippen molar-refractivity contribution in [2.45, 2.75) is 56.9 Å². The van der Waals surface area contributed by atoms with Crippen LogP contribution in [0.2, 0.25) is 0 Å². The Balaban J connectivity index is 2.28.